The molecule has 0 aromatic rings. The van der Waals surface area contributed by atoms with E-state index in [-0.39, 0.29) is 17.7 Å². The first kappa shape index (κ1) is 14.3. The van der Waals surface area contributed by atoms with Gasteiger partial charge < -0.3 is 16.0 Å². The Labute approximate surface area is 114 Å². The van der Waals surface area contributed by atoms with Gasteiger partial charge in [-0.2, -0.15) is 0 Å². The maximum absolute atomic E-state index is 11.7. The fourth-order valence-electron chi connectivity index (χ4n) is 2.20. The lowest BCUT2D eigenvalue weighted by molar-refractivity contribution is -0.124. The van der Waals surface area contributed by atoms with Crippen molar-refractivity contribution in [2.75, 3.05) is 45.8 Å². The second kappa shape index (κ2) is 7.45. The summed E-state index contributed by atoms with van der Waals surface area (Å²) >= 11 is 0. The van der Waals surface area contributed by atoms with E-state index in [9.17, 15) is 9.59 Å². The second-order valence-electron chi connectivity index (χ2n) is 5.29. The van der Waals surface area contributed by atoms with Crippen molar-refractivity contribution in [3.63, 3.8) is 0 Å². The average molecular weight is 268 g/mol. The molecule has 0 aromatic carbocycles. The van der Waals surface area contributed by atoms with E-state index in [2.05, 4.69) is 20.9 Å². The molecule has 0 spiro atoms. The molecule has 1 heterocycles. The fourth-order valence-corrected chi connectivity index (χ4v) is 2.20. The Bertz CT molecular complexity index is 310. The maximum atomic E-state index is 11.7. The second-order valence-corrected chi connectivity index (χ2v) is 5.29. The molecule has 0 bridgehead atoms. The number of hydrogen-bond donors (Lipinski definition) is 3. The van der Waals surface area contributed by atoms with E-state index in [1.165, 1.54) is 0 Å². The maximum Gasteiger partial charge on any atom is 0.234 e. The van der Waals surface area contributed by atoms with Gasteiger partial charge in [-0.1, -0.05) is 0 Å². The lowest BCUT2D eigenvalue weighted by atomic mass is 10.3. The molecule has 0 atom stereocenters. The molecular formula is C13H24N4O2. The zero-order valence-corrected chi connectivity index (χ0v) is 11.4. The SMILES string of the molecule is O=C(CN1CCCNCC1)NCCNC(=O)C1CC1. The highest BCUT2D eigenvalue weighted by atomic mass is 16.2. The van der Waals surface area contributed by atoms with Gasteiger partial charge in [0.05, 0.1) is 6.54 Å². The van der Waals surface area contributed by atoms with Crippen molar-refractivity contribution in [1.29, 1.82) is 0 Å². The Hall–Kier alpha value is -1.14. The highest BCUT2D eigenvalue weighted by Gasteiger charge is 2.28. The molecule has 6 nitrogen and oxygen atoms in total. The molecule has 1 aliphatic heterocycles. The first-order valence-electron chi connectivity index (χ1n) is 7.23. The molecule has 2 rings (SSSR count). The minimum Gasteiger partial charge on any atom is -0.354 e. The van der Waals surface area contributed by atoms with Gasteiger partial charge in [0.25, 0.3) is 0 Å². The van der Waals surface area contributed by atoms with Crippen molar-refractivity contribution >= 4 is 11.8 Å². The predicted octanol–water partition coefficient (Wildman–Crippen LogP) is -1.08. The zero-order chi connectivity index (χ0) is 13.5. The minimum absolute atomic E-state index is 0.0440. The van der Waals surface area contributed by atoms with Crippen LogP contribution in [-0.2, 0) is 9.59 Å². The molecule has 3 N–H and O–H groups in total. The van der Waals surface area contributed by atoms with Gasteiger partial charge in [-0.15, -0.1) is 0 Å². The number of nitrogens with zero attached hydrogens (tertiary/aromatic N) is 1. The van der Waals surface area contributed by atoms with E-state index in [4.69, 9.17) is 0 Å². The van der Waals surface area contributed by atoms with Crippen molar-refractivity contribution < 1.29 is 9.59 Å². The summed E-state index contributed by atoms with van der Waals surface area (Å²) in [6.45, 7) is 5.38. The van der Waals surface area contributed by atoms with E-state index in [0.29, 0.717) is 19.6 Å². The molecule has 1 saturated heterocycles. The van der Waals surface area contributed by atoms with Gasteiger partial charge in [-0.3, -0.25) is 14.5 Å². The molecule has 2 fully saturated rings. The number of carbonyl (C=O) groups excluding carboxylic acids is 2. The van der Waals surface area contributed by atoms with Crippen molar-refractivity contribution in [2.45, 2.75) is 19.3 Å². The van der Waals surface area contributed by atoms with E-state index in [0.717, 1.165) is 45.4 Å². The first-order valence-corrected chi connectivity index (χ1v) is 7.23. The van der Waals surface area contributed by atoms with Crippen LogP contribution in [0.1, 0.15) is 19.3 Å². The van der Waals surface area contributed by atoms with Crippen LogP contribution in [0, 0.1) is 5.92 Å². The number of hydrogen-bond acceptors (Lipinski definition) is 4. The molecule has 1 aliphatic carbocycles. The number of carbonyl (C=O) groups is 2. The van der Waals surface area contributed by atoms with Crippen LogP contribution in [0.3, 0.4) is 0 Å². The Morgan fingerprint density at radius 1 is 1.11 bits per heavy atom. The van der Waals surface area contributed by atoms with Crippen molar-refractivity contribution in [3.8, 4) is 0 Å². The summed E-state index contributed by atoms with van der Waals surface area (Å²) in [5.41, 5.74) is 0. The highest BCUT2D eigenvalue weighted by Crippen LogP contribution is 2.28. The van der Waals surface area contributed by atoms with E-state index in [1.807, 2.05) is 0 Å². The van der Waals surface area contributed by atoms with Crippen molar-refractivity contribution in [3.05, 3.63) is 0 Å². The normalized spacial score (nSPS) is 20.6. The van der Waals surface area contributed by atoms with Gasteiger partial charge in [0.1, 0.15) is 0 Å². The van der Waals surface area contributed by atoms with Crippen LogP contribution in [0.25, 0.3) is 0 Å². The monoisotopic (exact) mass is 268 g/mol. The van der Waals surface area contributed by atoms with Crippen LogP contribution < -0.4 is 16.0 Å². The van der Waals surface area contributed by atoms with Crippen molar-refractivity contribution in [1.82, 2.24) is 20.9 Å². The third-order valence-electron chi connectivity index (χ3n) is 3.49. The predicted molar refractivity (Wildman–Crippen MR) is 72.7 cm³/mol. The summed E-state index contributed by atoms with van der Waals surface area (Å²) in [7, 11) is 0. The molecule has 0 unspecified atom stereocenters. The van der Waals surface area contributed by atoms with Gasteiger partial charge in [-0.25, -0.2) is 0 Å². The number of nitrogens with one attached hydrogen (secondary N) is 3. The van der Waals surface area contributed by atoms with Gasteiger partial charge in [0, 0.05) is 32.1 Å². The molecular weight excluding hydrogens is 244 g/mol. The molecule has 2 aliphatic rings. The highest BCUT2D eigenvalue weighted by molar-refractivity contribution is 5.81. The Balaban J connectivity index is 1.52. The molecule has 2 amide bonds. The van der Waals surface area contributed by atoms with Gasteiger partial charge >= 0.3 is 0 Å². The van der Waals surface area contributed by atoms with E-state index >= 15 is 0 Å². The summed E-state index contributed by atoms with van der Waals surface area (Å²) in [4.78, 5) is 25.3. The van der Waals surface area contributed by atoms with Crippen LogP contribution in [0.5, 0.6) is 0 Å². The van der Waals surface area contributed by atoms with Gasteiger partial charge in [0.2, 0.25) is 11.8 Å². The van der Waals surface area contributed by atoms with Crippen LogP contribution >= 0.6 is 0 Å². The third kappa shape index (κ3) is 5.57. The quantitative estimate of drug-likeness (QED) is 0.536. The van der Waals surface area contributed by atoms with E-state index < -0.39 is 0 Å². The van der Waals surface area contributed by atoms with E-state index in [1.54, 1.807) is 0 Å². The summed E-state index contributed by atoms with van der Waals surface area (Å²) in [6, 6.07) is 0. The van der Waals surface area contributed by atoms with Gasteiger partial charge in [0.15, 0.2) is 0 Å². The Kier molecular flexibility index (Phi) is 5.60. The summed E-state index contributed by atoms with van der Waals surface area (Å²) < 4.78 is 0. The summed E-state index contributed by atoms with van der Waals surface area (Å²) in [5, 5.41) is 9.00. The van der Waals surface area contributed by atoms with Crippen LogP contribution in [-0.4, -0.2) is 62.5 Å². The first-order chi connectivity index (χ1) is 9.25. The molecule has 108 valence electrons. The topological polar surface area (TPSA) is 73.5 Å². The number of rotatable bonds is 6. The molecule has 6 heteroatoms. The minimum atomic E-state index is 0.0440. The number of amides is 2. The summed E-state index contributed by atoms with van der Waals surface area (Å²) in [6.07, 6.45) is 3.12. The third-order valence-corrected chi connectivity index (χ3v) is 3.49. The lowest BCUT2D eigenvalue weighted by Gasteiger charge is -2.18. The molecule has 19 heavy (non-hydrogen) atoms. The smallest absolute Gasteiger partial charge is 0.234 e. The molecule has 0 aromatic heterocycles. The Morgan fingerprint density at radius 2 is 1.89 bits per heavy atom. The van der Waals surface area contributed by atoms with Crippen LogP contribution in [0.15, 0.2) is 0 Å². The lowest BCUT2D eigenvalue weighted by Crippen LogP contribution is -2.41. The Morgan fingerprint density at radius 3 is 2.68 bits per heavy atom. The summed E-state index contributed by atoms with van der Waals surface area (Å²) in [5.74, 6) is 0.413. The standard InChI is InChI=1S/C13H24N4O2/c18-12(10-17-8-1-4-14-7-9-17)15-5-6-16-13(19)11-2-3-11/h11,14H,1-10H2,(H,15,18)(H,16,19). The average Bonchev–Trinajstić information content (AvgIpc) is 3.21. The van der Waals surface area contributed by atoms with Crippen LogP contribution in [0.2, 0.25) is 0 Å². The van der Waals surface area contributed by atoms with Crippen molar-refractivity contribution in [2.24, 2.45) is 5.92 Å². The fraction of sp³-hybridized carbons (Fsp3) is 0.846. The van der Waals surface area contributed by atoms with Gasteiger partial charge in [-0.05, 0) is 32.4 Å². The molecule has 0 radical (unpaired) electrons. The zero-order valence-electron chi connectivity index (χ0n) is 11.4. The largest absolute Gasteiger partial charge is 0.354 e. The molecule has 1 saturated carbocycles. The van der Waals surface area contributed by atoms with Crippen LogP contribution in [0.4, 0.5) is 0 Å².